The van der Waals surface area contributed by atoms with Crippen LogP contribution in [0, 0.1) is 10.1 Å². The largest absolute Gasteiger partial charge is 0.493 e. The summed E-state index contributed by atoms with van der Waals surface area (Å²) < 4.78 is 47.7. The van der Waals surface area contributed by atoms with Crippen LogP contribution in [0.1, 0.15) is 10.4 Å². The smallest absolute Gasteiger partial charge is 0.406 e. The van der Waals surface area contributed by atoms with Gasteiger partial charge in [-0.15, -0.1) is 6.58 Å². The summed E-state index contributed by atoms with van der Waals surface area (Å²) in [5, 5.41) is 11.2. The van der Waals surface area contributed by atoms with Crippen molar-refractivity contribution in [2.24, 2.45) is 0 Å². The van der Waals surface area contributed by atoms with Crippen molar-refractivity contribution in [2.75, 3.05) is 27.3 Å². The Morgan fingerprint density at radius 2 is 1.88 bits per heavy atom. The molecule has 132 valence electrons. The molecule has 24 heavy (non-hydrogen) atoms. The van der Waals surface area contributed by atoms with Gasteiger partial charge in [-0.2, -0.15) is 13.2 Å². The molecule has 0 fully saturated rings. The van der Waals surface area contributed by atoms with Crippen LogP contribution in [0.25, 0.3) is 0 Å². The van der Waals surface area contributed by atoms with Crippen LogP contribution in [0.15, 0.2) is 24.8 Å². The molecule has 10 heteroatoms. The van der Waals surface area contributed by atoms with E-state index in [1.54, 1.807) is 0 Å². The highest BCUT2D eigenvalue weighted by Gasteiger charge is 2.35. The molecular weight excluding hydrogens is 333 g/mol. The van der Waals surface area contributed by atoms with Gasteiger partial charge >= 0.3 is 6.18 Å². The van der Waals surface area contributed by atoms with Gasteiger partial charge in [0.05, 0.1) is 25.2 Å². The maximum Gasteiger partial charge on any atom is 0.406 e. The number of carbonyl (C=O) groups excluding carboxylic acids is 1. The lowest BCUT2D eigenvalue weighted by atomic mass is 10.1. The second-order valence-corrected chi connectivity index (χ2v) is 4.57. The molecule has 0 spiro atoms. The minimum Gasteiger partial charge on any atom is -0.493 e. The van der Waals surface area contributed by atoms with Gasteiger partial charge in [0.1, 0.15) is 12.1 Å². The fourth-order valence-electron chi connectivity index (χ4n) is 1.95. The fraction of sp³-hybridized carbons (Fsp3) is 0.357. The number of benzene rings is 1. The SMILES string of the molecule is C=CCN(CC(F)(F)F)C(=O)c1cc(OC)c(OC)cc1[N+](=O)[O-]. The van der Waals surface area contributed by atoms with Crippen LogP contribution in [0.3, 0.4) is 0 Å². The van der Waals surface area contributed by atoms with Crippen LogP contribution in [0.5, 0.6) is 11.5 Å². The van der Waals surface area contributed by atoms with E-state index in [0.717, 1.165) is 18.2 Å². The fourth-order valence-corrected chi connectivity index (χ4v) is 1.95. The molecule has 0 saturated heterocycles. The summed E-state index contributed by atoms with van der Waals surface area (Å²) in [6.45, 7) is 1.29. The summed E-state index contributed by atoms with van der Waals surface area (Å²) in [5.74, 6) is -1.20. The van der Waals surface area contributed by atoms with E-state index in [-0.39, 0.29) is 11.5 Å². The van der Waals surface area contributed by atoms with E-state index in [1.807, 2.05) is 0 Å². The van der Waals surface area contributed by atoms with E-state index >= 15 is 0 Å². The molecule has 0 N–H and O–H groups in total. The average Bonchev–Trinajstić information content (AvgIpc) is 2.51. The van der Waals surface area contributed by atoms with Crippen LogP contribution >= 0.6 is 0 Å². The molecule has 1 rings (SSSR count). The lowest BCUT2D eigenvalue weighted by molar-refractivity contribution is -0.385. The van der Waals surface area contributed by atoms with Gasteiger partial charge < -0.3 is 14.4 Å². The lowest BCUT2D eigenvalue weighted by Crippen LogP contribution is -2.39. The number of halogens is 3. The molecular formula is C14H15F3N2O5. The Morgan fingerprint density at radius 1 is 1.33 bits per heavy atom. The summed E-state index contributed by atoms with van der Waals surface area (Å²) in [5.41, 5.74) is -1.22. The van der Waals surface area contributed by atoms with Gasteiger partial charge in [0, 0.05) is 12.6 Å². The molecule has 0 heterocycles. The molecule has 0 unspecified atom stereocenters. The van der Waals surface area contributed by atoms with Gasteiger partial charge in [-0.25, -0.2) is 0 Å². The van der Waals surface area contributed by atoms with Gasteiger partial charge in [0.15, 0.2) is 11.5 Å². The molecule has 0 aliphatic heterocycles. The van der Waals surface area contributed by atoms with Crippen molar-refractivity contribution in [1.82, 2.24) is 4.90 Å². The zero-order chi connectivity index (χ0) is 18.5. The van der Waals surface area contributed by atoms with Crippen molar-refractivity contribution in [3.8, 4) is 11.5 Å². The number of nitro groups is 1. The normalized spacial score (nSPS) is 10.9. The Morgan fingerprint density at radius 3 is 2.29 bits per heavy atom. The highest BCUT2D eigenvalue weighted by Crippen LogP contribution is 2.35. The minimum atomic E-state index is -4.66. The monoisotopic (exact) mass is 348 g/mol. The van der Waals surface area contributed by atoms with Crippen LogP contribution in [0.2, 0.25) is 0 Å². The quantitative estimate of drug-likeness (QED) is 0.430. The van der Waals surface area contributed by atoms with Crippen molar-refractivity contribution in [1.29, 1.82) is 0 Å². The van der Waals surface area contributed by atoms with Crippen molar-refractivity contribution < 1.29 is 32.4 Å². The third kappa shape index (κ3) is 4.61. The maximum atomic E-state index is 12.6. The third-order valence-corrected chi connectivity index (χ3v) is 2.94. The number of hydrogen-bond acceptors (Lipinski definition) is 5. The van der Waals surface area contributed by atoms with E-state index in [9.17, 15) is 28.1 Å². The molecule has 7 nitrogen and oxygen atoms in total. The van der Waals surface area contributed by atoms with Gasteiger partial charge in [-0.3, -0.25) is 14.9 Å². The Kier molecular flexibility index (Phi) is 6.15. The summed E-state index contributed by atoms with van der Waals surface area (Å²) in [7, 11) is 2.46. The van der Waals surface area contributed by atoms with E-state index in [1.165, 1.54) is 14.2 Å². The van der Waals surface area contributed by atoms with E-state index in [4.69, 9.17) is 9.47 Å². The number of carbonyl (C=O) groups is 1. The van der Waals surface area contributed by atoms with Crippen molar-refractivity contribution >= 4 is 11.6 Å². The van der Waals surface area contributed by atoms with Crippen LogP contribution < -0.4 is 9.47 Å². The molecule has 1 aromatic carbocycles. The summed E-state index contributed by atoms with van der Waals surface area (Å²) >= 11 is 0. The first-order chi connectivity index (χ1) is 11.1. The summed E-state index contributed by atoms with van der Waals surface area (Å²) in [6.07, 6.45) is -3.57. The zero-order valence-electron chi connectivity index (χ0n) is 12.9. The number of methoxy groups -OCH3 is 2. The first-order valence-corrected chi connectivity index (χ1v) is 6.52. The molecule has 0 saturated carbocycles. The average molecular weight is 348 g/mol. The zero-order valence-corrected chi connectivity index (χ0v) is 12.9. The number of amides is 1. The molecule has 0 aliphatic rings. The third-order valence-electron chi connectivity index (χ3n) is 2.94. The van der Waals surface area contributed by atoms with Gasteiger partial charge in [-0.05, 0) is 0 Å². The molecule has 0 aliphatic carbocycles. The molecule has 0 bridgehead atoms. The first-order valence-electron chi connectivity index (χ1n) is 6.52. The van der Waals surface area contributed by atoms with E-state index in [0.29, 0.717) is 4.90 Å². The topological polar surface area (TPSA) is 81.9 Å². The summed E-state index contributed by atoms with van der Waals surface area (Å²) in [6, 6.07) is 1.90. The van der Waals surface area contributed by atoms with E-state index in [2.05, 4.69) is 6.58 Å². The number of nitro benzene ring substituents is 1. The second-order valence-electron chi connectivity index (χ2n) is 4.57. The number of alkyl halides is 3. The number of nitrogens with zero attached hydrogens (tertiary/aromatic N) is 2. The Balaban J connectivity index is 3.42. The molecule has 0 atom stereocenters. The van der Waals surface area contributed by atoms with Gasteiger partial charge in [0.25, 0.3) is 11.6 Å². The van der Waals surface area contributed by atoms with E-state index < -0.39 is 41.3 Å². The number of hydrogen-bond donors (Lipinski definition) is 0. The van der Waals surface area contributed by atoms with Crippen molar-refractivity contribution in [3.63, 3.8) is 0 Å². The highest BCUT2D eigenvalue weighted by atomic mass is 19.4. The lowest BCUT2D eigenvalue weighted by Gasteiger charge is -2.22. The van der Waals surface area contributed by atoms with Gasteiger partial charge in [0.2, 0.25) is 0 Å². The Bertz CT molecular complexity index is 646. The van der Waals surface area contributed by atoms with Gasteiger partial charge in [-0.1, -0.05) is 6.08 Å². The van der Waals surface area contributed by atoms with Crippen molar-refractivity contribution in [3.05, 3.63) is 40.5 Å². The van der Waals surface area contributed by atoms with Crippen molar-refractivity contribution in [2.45, 2.75) is 6.18 Å². The predicted octanol–water partition coefficient (Wildman–Crippen LogP) is 2.80. The molecule has 0 radical (unpaired) electrons. The molecule has 1 aromatic rings. The maximum absolute atomic E-state index is 12.6. The van der Waals surface area contributed by atoms with Crippen LogP contribution in [-0.4, -0.2) is 49.2 Å². The Labute approximate surface area is 135 Å². The molecule has 1 amide bonds. The highest BCUT2D eigenvalue weighted by molar-refractivity contribution is 5.99. The minimum absolute atomic E-state index is 0.0167. The second kappa shape index (κ2) is 7.66. The number of rotatable bonds is 7. The first kappa shape index (κ1) is 19.3. The van der Waals surface area contributed by atoms with Crippen LogP contribution in [-0.2, 0) is 0 Å². The Hall–Kier alpha value is -2.78. The number of ether oxygens (including phenoxy) is 2. The predicted molar refractivity (Wildman–Crippen MR) is 78.4 cm³/mol. The molecule has 0 aromatic heterocycles. The summed E-state index contributed by atoms with van der Waals surface area (Å²) in [4.78, 5) is 23.1. The van der Waals surface area contributed by atoms with Crippen LogP contribution in [0.4, 0.5) is 18.9 Å². The standard InChI is InChI=1S/C14H15F3N2O5/c1-4-5-18(8-14(15,16)17)13(20)9-6-11(23-2)12(24-3)7-10(9)19(21)22/h4,6-7H,1,5,8H2,2-3H3.